The molecule has 1 aromatic heterocycles. The Bertz CT molecular complexity index is 979. The molecular weight excluding hydrogens is 412 g/mol. The normalized spacial score (nSPS) is 10.7. The Balaban J connectivity index is 1.64. The van der Waals surface area contributed by atoms with Crippen molar-refractivity contribution in [2.75, 3.05) is 5.32 Å². The second-order valence-corrected chi connectivity index (χ2v) is 6.40. The first-order chi connectivity index (χ1) is 13.0. The molecule has 0 aliphatic rings. The van der Waals surface area contributed by atoms with Crippen LogP contribution in [-0.2, 0) is 0 Å². The zero-order valence-electron chi connectivity index (χ0n) is 14.0. The SMILES string of the molecule is O=C(N/N=C/c1cccn1-c1ccc(C(=O)O)cc1)Nc1ccc(Br)cc1. The minimum Gasteiger partial charge on any atom is -0.478 e. The molecule has 0 saturated heterocycles. The lowest BCUT2D eigenvalue weighted by Crippen LogP contribution is -2.24. The molecule has 2 amide bonds. The molecule has 1 heterocycles. The number of nitrogens with zero attached hydrogens (tertiary/aromatic N) is 2. The smallest absolute Gasteiger partial charge is 0.339 e. The highest BCUT2D eigenvalue weighted by atomic mass is 79.9. The highest BCUT2D eigenvalue weighted by Gasteiger charge is 2.05. The van der Waals surface area contributed by atoms with Crippen molar-refractivity contribution < 1.29 is 14.7 Å². The number of aromatic carboxylic acids is 1. The van der Waals surface area contributed by atoms with Gasteiger partial charge >= 0.3 is 12.0 Å². The van der Waals surface area contributed by atoms with Crippen molar-refractivity contribution in [3.63, 3.8) is 0 Å². The molecule has 0 aliphatic heterocycles. The van der Waals surface area contributed by atoms with Gasteiger partial charge in [-0.3, -0.25) is 0 Å². The molecule has 2 aromatic carbocycles. The highest BCUT2D eigenvalue weighted by molar-refractivity contribution is 9.10. The van der Waals surface area contributed by atoms with E-state index < -0.39 is 12.0 Å². The predicted octanol–water partition coefficient (Wildman–Crippen LogP) is 4.09. The molecular formula is C19H15BrN4O3. The number of halogens is 1. The number of amides is 2. The van der Waals surface area contributed by atoms with E-state index in [1.807, 2.05) is 35.0 Å². The molecule has 136 valence electrons. The first kappa shape index (κ1) is 18.4. The van der Waals surface area contributed by atoms with Gasteiger partial charge in [0.2, 0.25) is 0 Å². The molecule has 0 radical (unpaired) electrons. The number of benzene rings is 2. The average Bonchev–Trinajstić information content (AvgIpc) is 3.12. The van der Waals surface area contributed by atoms with Gasteiger partial charge < -0.3 is 15.0 Å². The van der Waals surface area contributed by atoms with Crippen LogP contribution < -0.4 is 10.7 Å². The van der Waals surface area contributed by atoms with Crippen molar-refractivity contribution >= 4 is 39.8 Å². The van der Waals surface area contributed by atoms with E-state index in [1.165, 1.54) is 18.3 Å². The third-order valence-electron chi connectivity index (χ3n) is 3.64. The van der Waals surface area contributed by atoms with Crippen LogP contribution in [0.3, 0.4) is 0 Å². The maximum Gasteiger partial charge on any atom is 0.339 e. The Morgan fingerprint density at radius 1 is 1.04 bits per heavy atom. The third-order valence-corrected chi connectivity index (χ3v) is 4.17. The zero-order valence-corrected chi connectivity index (χ0v) is 15.6. The second-order valence-electron chi connectivity index (χ2n) is 5.49. The predicted molar refractivity (Wildman–Crippen MR) is 107 cm³/mol. The van der Waals surface area contributed by atoms with Crippen LogP contribution in [0.4, 0.5) is 10.5 Å². The van der Waals surface area contributed by atoms with Crippen LogP contribution in [-0.4, -0.2) is 27.9 Å². The summed E-state index contributed by atoms with van der Waals surface area (Å²) in [5.41, 5.74) is 4.77. The number of carboxylic acids is 1. The zero-order chi connectivity index (χ0) is 19.2. The molecule has 0 atom stereocenters. The van der Waals surface area contributed by atoms with E-state index in [4.69, 9.17) is 5.11 Å². The maximum absolute atomic E-state index is 11.9. The summed E-state index contributed by atoms with van der Waals surface area (Å²) >= 11 is 3.33. The molecule has 8 heteroatoms. The summed E-state index contributed by atoms with van der Waals surface area (Å²) in [6, 6.07) is 16.8. The summed E-state index contributed by atoms with van der Waals surface area (Å²) in [7, 11) is 0. The van der Waals surface area contributed by atoms with Gasteiger partial charge in [0.15, 0.2) is 0 Å². The van der Waals surface area contributed by atoms with Gasteiger partial charge in [-0.25, -0.2) is 15.0 Å². The van der Waals surface area contributed by atoms with E-state index in [-0.39, 0.29) is 5.56 Å². The lowest BCUT2D eigenvalue weighted by Gasteiger charge is -2.07. The summed E-state index contributed by atoms with van der Waals surface area (Å²) in [4.78, 5) is 22.8. The van der Waals surface area contributed by atoms with Crippen LogP contribution in [0.25, 0.3) is 5.69 Å². The van der Waals surface area contributed by atoms with Crippen molar-refractivity contribution in [3.8, 4) is 5.69 Å². The van der Waals surface area contributed by atoms with Crippen LogP contribution in [0, 0.1) is 0 Å². The number of hydrazone groups is 1. The van der Waals surface area contributed by atoms with Crippen molar-refractivity contribution in [1.29, 1.82) is 0 Å². The van der Waals surface area contributed by atoms with Crippen molar-refractivity contribution in [2.24, 2.45) is 5.10 Å². The number of urea groups is 1. The van der Waals surface area contributed by atoms with Crippen molar-refractivity contribution in [3.05, 3.63) is 82.6 Å². The Morgan fingerprint density at radius 2 is 1.74 bits per heavy atom. The number of carboxylic acid groups (broad SMARTS) is 1. The molecule has 0 aliphatic carbocycles. The summed E-state index contributed by atoms with van der Waals surface area (Å²) in [6.45, 7) is 0. The minimum absolute atomic E-state index is 0.215. The number of aromatic nitrogens is 1. The minimum atomic E-state index is -0.975. The average molecular weight is 427 g/mol. The van der Waals surface area contributed by atoms with Gasteiger partial charge in [-0.05, 0) is 60.7 Å². The third kappa shape index (κ3) is 4.83. The Labute approximate surface area is 163 Å². The first-order valence-corrected chi connectivity index (χ1v) is 8.69. The van der Waals surface area contributed by atoms with Gasteiger partial charge in [-0.2, -0.15) is 5.10 Å². The molecule has 0 unspecified atom stereocenters. The number of anilines is 1. The molecule has 27 heavy (non-hydrogen) atoms. The molecule has 3 aromatic rings. The lowest BCUT2D eigenvalue weighted by molar-refractivity contribution is 0.0697. The Morgan fingerprint density at radius 3 is 2.41 bits per heavy atom. The number of carbonyl (C=O) groups is 2. The number of hydrogen-bond donors (Lipinski definition) is 3. The van der Waals surface area contributed by atoms with Crippen molar-refractivity contribution in [2.45, 2.75) is 0 Å². The fourth-order valence-corrected chi connectivity index (χ4v) is 2.61. The molecule has 0 fully saturated rings. The number of hydrogen-bond acceptors (Lipinski definition) is 3. The van der Waals surface area contributed by atoms with E-state index in [2.05, 4.69) is 31.8 Å². The summed E-state index contributed by atoms with van der Waals surface area (Å²) in [5.74, 6) is -0.975. The first-order valence-electron chi connectivity index (χ1n) is 7.89. The maximum atomic E-state index is 11.9. The van der Waals surface area contributed by atoms with Crippen LogP contribution in [0.15, 0.2) is 76.4 Å². The largest absolute Gasteiger partial charge is 0.478 e. The number of rotatable bonds is 5. The highest BCUT2D eigenvalue weighted by Crippen LogP contribution is 2.14. The standard InChI is InChI=1S/C19H15BrN4O3/c20-14-5-7-15(8-6-14)22-19(27)23-21-12-17-2-1-11-24(17)16-9-3-13(4-10-16)18(25)26/h1-12H,(H,25,26)(H2,22,23,27)/b21-12+. The van der Waals surface area contributed by atoms with Gasteiger partial charge in [0.1, 0.15) is 0 Å². The van der Waals surface area contributed by atoms with Gasteiger partial charge in [0.05, 0.1) is 17.5 Å². The molecule has 0 bridgehead atoms. The molecule has 0 saturated carbocycles. The van der Waals surface area contributed by atoms with Crippen LogP contribution >= 0.6 is 15.9 Å². The van der Waals surface area contributed by atoms with Gasteiger partial charge in [-0.15, -0.1) is 0 Å². The van der Waals surface area contributed by atoms with Gasteiger partial charge in [-0.1, -0.05) is 15.9 Å². The quantitative estimate of drug-likeness (QED) is 0.423. The monoisotopic (exact) mass is 426 g/mol. The van der Waals surface area contributed by atoms with Crippen LogP contribution in [0.5, 0.6) is 0 Å². The molecule has 7 nitrogen and oxygen atoms in total. The number of carbonyl (C=O) groups excluding carboxylic acids is 1. The van der Waals surface area contributed by atoms with E-state index in [9.17, 15) is 9.59 Å². The molecule has 0 spiro atoms. The van der Waals surface area contributed by atoms with E-state index >= 15 is 0 Å². The Hall–Kier alpha value is -3.39. The summed E-state index contributed by atoms with van der Waals surface area (Å²) < 4.78 is 2.74. The molecule has 3 N–H and O–H groups in total. The molecule has 3 rings (SSSR count). The van der Waals surface area contributed by atoms with Gasteiger partial charge in [0.25, 0.3) is 0 Å². The second kappa shape index (κ2) is 8.33. The topological polar surface area (TPSA) is 95.7 Å². The summed E-state index contributed by atoms with van der Waals surface area (Å²) in [6.07, 6.45) is 3.32. The van der Waals surface area contributed by atoms with Crippen molar-refractivity contribution in [1.82, 2.24) is 9.99 Å². The lowest BCUT2D eigenvalue weighted by atomic mass is 10.2. The fourth-order valence-electron chi connectivity index (χ4n) is 2.35. The van der Waals surface area contributed by atoms with Gasteiger partial charge in [0, 0.05) is 22.0 Å². The van der Waals surface area contributed by atoms with Crippen LogP contribution in [0.2, 0.25) is 0 Å². The number of nitrogens with one attached hydrogen (secondary N) is 2. The fraction of sp³-hybridized carbons (Fsp3) is 0. The van der Waals surface area contributed by atoms with E-state index in [0.717, 1.165) is 15.9 Å². The van der Waals surface area contributed by atoms with E-state index in [0.29, 0.717) is 5.69 Å². The van der Waals surface area contributed by atoms with E-state index in [1.54, 1.807) is 24.3 Å². The van der Waals surface area contributed by atoms with Crippen LogP contribution in [0.1, 0.15) is 16.1 Å². The summed E-state index contributed by atoms with van der Waals surface area (Å²) in [5, 5.41) is 15.6. The Kier molecular flexibility index (Phi) is 5.68.